The summed E-state index contributed by atoms with van der Waals surface area (Å²) in [5.74, 6) is 1.06. The molecule has 0 radical (unpaired) electrons. The highest BCUT2D eigenvalue weighted by atomic mass is 16.3. The van der Waals surface area contributed by atoms with Crippen molar-refractivity contribution in [2.45, 2.75) is 13.0 Å². The van der Waals surface area contributed by atoms with Gasteiger partial charge in [0, 0.05) is 38.1 Å². The number of aliphatic hydroxyl groups is 1. The van der Waals surface area contributed by atoms with Gasteiger partial charge in [-0.3, -0.25) is 0 Å². The van der Waals surface area contributed by atoms with Crippen LogP contribution in [0.15, 0.2) is 48.7 Å². The van der Waals surface area contributed by atoms with Gasteiger partial charge < -0.3 is 14.9 Å². The second-order valence-electron chi connectivity index (χ2n) is 5.43. The molecule has 21 heavy (non-hydrogen) atoms. The molecular formula is C17H21N3O. The maximum Gasteiger partial charge on any atom is 0.128 e. The van der Waals surface area contributed by atoms with E-state index in [1.54, 1.807) is 6.92 Å². The minimum Gasteiger partial charge on any atom is -0.389 e. The molecule has 0 bridgehead atoms. The average Bonchev–Trinajstić information content (AvgIpc) is 2.56. The largest absolute Gasteiger partial charge is 0.389 e. The fraction of sp³-hybridized carbons (Fsp3) is 0.353. The lowest BCUT2D eigenvalue weighted by atomic mass is 10.1. The van der Waals surface area contributed by atoms with E-state index in [1.165, 1.54) is 5.69 Å². The smallest absolute Gasteiger partial charge is 0.128 e. The van der Waals surface area contributed by atoms with Crippen molar-refractivity contribution in [2.24, 2.45) is 0 Å². The van der Waals surface area contributed by atoms with Crippen LogP contribution in [0.5, 0.6) is 0 Å². The monoisotopic (exact) mass is 283 g/mol. The first-order chi connectivity index (χ1) is 10.2. The number of hydrogen-bond acceptors (Lipinski definition) is 4. The molecule has 1 saturated heterocycles. The average molecular weight is 283 g/mol. The van der Waals surface area contributed by atoms with E-state index in [4.69, 9.17) is 0 Å². The molecule has 0 spiro atoms. The first kappa shape index (κ1) is 13.9. The number of aromatic nitrogens is 1. The third-order valence-corrected chi connectivity index (χ3v) is 3.99. The van der Waals surface area contributed by atoms with Gasteiger partial charge in [-0.25, -0.2) is 4.98 Å². The molecule has 0 aliphatic carbocycles. The SMILES string of the molecule is C[C@H](O)c1ccc(N2CCN(c3ccccn3)CC2)cc1. The number of pyridine rings is 1. The molecule has 1 N–H and O–H groups in total. The second-order valence-corrected chi connectivity index (χ2v) is 5.43. The Morgan fingerprint density at radius 3 is 2.19 bits per heavy atom. The lowest BCUT2D eigenvalue weighted by Gasteiger charge is -2.36. The summed E-state index contributed by atoms with van der Waals surface area (Å²) in [4.78, 5) is 9.11. The highest BCUT2D eigenvalue weighted by Gasteiger charge is 2.18. The Hall–Kier alpha value is -2.07. The fourth-order valence-corrected chi connectivity index (χ4v) is 2.70. The third-order valence-electron chi connectivity index (χ3n) is 3.99. The van der Waals surface area contributed by atoms with E-state index in [-0.39, 0.29) is 0 Å². The van der Waals surface area contributed by atoms with Gasteiger partial charge in [-0.2, -0.15) is 0 Å². The first-order valence-electron chi connectivity index (χ1n) is 7.43. The summed E-state index contributed by atoms with van der Waals surface area (Å²) in [5.41, 5.74) is 2.19. The van der Waals surface area contributed by atoms with Gasteiger partial charge in [0.05, 0.1) is 6.10 Å². The Morgan fingerprint density at radius 2 is 1.62 bits per heavy atom. The van der Waals surface area contributed by atoms with Crippen molar-refractivity contribution < 1.29 is 5.11 Å². The van der Waals surface area contributed by atoms with Crippen molar-refractivity contribution in [1.82, 2.24) is 4.98 Å². The predicted molar refractivity (Wildman–Crippen MR) is 85.7 cm³/mol. The molecule has 110 valence electrons. The van der Waals surface area contributed by atoms with Gasteiger partial charge in [0.15, 0.2) is 0 Å². The summed E-state index contributed by atoms with van der Waals surface area (Å²) in [6.45, 7) is 5.74. The van der Waals surface area contributed by atoms with Gasteiger partial charge in [0.1, 0.15) is 5.82 Å². The van der Waals surface area contributed by atoms with E-state index >= 15 is 0 Å². The Bertz CT molecular complexity index is 560. The van der Waals surface area contributed by atoms with Crippen LogP contribution in [0, 0.1) is 0 Å². The summed E-state index contributed by atoms with van der Waals surface area (Å²) in [6, 6.07) is 14.2. The molecule has 3 rings (SSSR count). The highest BCUT2D eigenvalue weighted by Crippen LogP contribution is 2.21. The van der Waals surface area contributed by atoms with Crippen LogP contribution in [-0.4, -0.2) is 36.3 Å². The maximum absolute atomic E-state index is 9.56. The quantitative estimate of drug-likeness (QED) is 0.939. The number of aliphatic hydroxyl groups excluding tert-OH is 1. The first-order valence-corrected chi connectivity index (χ1v) is 7.43. The number of rotatable bonds is 3. The predicted octanol–water partition coefficient (Wildman–Crippen LogP) is 2.46. The van der Waals surface area contributed by atoms with Crippen LogP contribution in [-0.2, 0) is 0 Å². The minimum absolute atomic E-state index is 0.403. The summed E-state index contributed by atoms with van der Waals surface area (Å²) < 4.78 is 0. The van der Waals surface area contributed by atoms with Crippen LogP contribution in [0.4, 0.5) is 11.5 Å². The number of benzene rings is 1. The molecule has 1 aliphatic rings. The number of anilines is 2. The van der Waals surface area contributed by atoms with Crippen molar-refractivity contribution >= 4 is 11.5 Å². The lowest BCUT2D eigenvalue weighted by molar-refractivity contribution is 0.199. The fourth-order valence-electron chi connectivity index (χ4n) is 2.70. The van der Waals surface area contributed by atoms with Crippen LogP contribution < -0.4 is 9.80 Å². The molecule has 0 unspecified atom stereocenters. The molecule has 1 aliphatic heterocycles. The Balaban J connectivity index is 1.63. The molecule has 4 nitrogen and oxygen atoms in total. The number of nitrogens with zero attached hydrogens (tertiary/aromatic N) is 3. The standard InChI is InChI=1S/C17H21N3O/c1-14(21)15-5-7-16(8-6-15)19-10-12-20(13-11-19)17-4-2-3-9-18-17/h2-9,14,21H,10-13H2,1H3/t14-/m0/s1. The summed E-state index contributed by atoms with van der Waals surface area (Å²) in [5, 5.41) is 9.56. The summed E-state index contributed by atoms with van der Waals surface area (Å²) in [7, 11) is 0. The zero-order valence-electron chi connectivity index (χ0n) is 12.3. The second kappa shape index (κ2) is 6.14. The molecular weight excluding hydrogens is 262 g/mol. The Morgan fingerprint density at radius 1 is 0.952 bits per heavy atom. The van der Waals surface area contributed by atoms with Crippen LogP contribution in [0.1, 0.15) is 18.6 Å². The van der Waals surface area contributed by atoms with Crippen molar-refractivity contribution in [2.75, 3.05) is 36.0 Å². The van der Waals surface area contributed by atoms with Crippen LogP contribution >= 0.6 is 0 Å². The van der Waals surface area contributed by atoms with Crippen molar-refractivity contribution in [3.05, 3.63) is 54.2 Å². The van der Waals surface area contributed by atoms with Crippen LogP contribution in [0.2, 0.25) is 0 Å². The van der Waals surface area contributed by atoms with E-state index in [1.807, 2.05) is 30.5 Å². The van der Waals surface area contributed by atoms with Crippen LogP contribution in [0.25, 0.3) is 0 Å². The molecule has 1 fully saturated rings. The molecule has 1 aromatic carbocycles. The zero-order valence-corrected chi connectivity index (χ0v) is 12.3. The summed E-state index contributed by atoms with van der Waals surface area (Å²) in [6.07, 6.45) is 1.44. The molecule has 4 heteroatoms. The van der Waals surface area contributed by atoms with E-state index in [0.29, 0.717) is 0 Å². The lowest BCUT2D eigenvalue weighted by Crippen LogP contribution is -2.46. The van der Waals surface area contributed by atoms with E-state index in [2.05, 4.69) is 33.0 Å². The highest BCUT2D eigenvalue weighted by molar-refractivity contribution is 5.50. The van der Waals surface area contributed by atoms with Gasteiger partial charge in [-0.15, -0.1) is 0 Å². The maximum atomic E-state index is 9.56. The minimum atomic E-state index is -0.403. The summed E-state index contributed by atoms with van der Waals surface area (Å²) >= 11 is 0. The Labute approximate surface area is 125 Å². The Kier molecular flexibility index (Phi) is 4.06. The zero-order chi connectivity index (χ0) is 14.7. The van der Waals surface area contributed by atoms with Crippen molar-refractivity contribution in [1.29, 1.82) is 0 Å². The number of hydrogen-bond donors (Lipinski definition) is 1. The van der Waals surface area contributed by atoms with Gasteiger partial charge in [0.2, 0.25) is 0 Å². The third kappa shape index (κ3) is 3.16. The molecule has 1 aromatic heterocycles. The van der Waals surface area contributed by atoms with E-state index in [9.17, 15) is 5.11 Å². The van der Waals surface area contributed by atoms with Gasteiger partial charge in [-0.1, -0.05) is 18.2 Å². The van der Waals surface area contributed by atoms with E-state index < -0.39 is 6.10 Å². The molecule has 1 atom stereocenters. The van der Waals surface area contributed by atoms with E-state index in [0.717, 1.165) is 37.6 Å². The number of piperazine rings is 1. The van der Waals surface area contributed by atoms with Crippen molar-refractivity contribution in [3.63, 3.8) is 0 Å². The van der Waals surface area contributed by atoms with Crippen molar-refractivity contribution in [3.8, 4) is 0 Å². The van der Waals surface area contributed by atoms with Gasteiger partial charge in [-0.05, 0) is 36.8 Å². The topological polar surface area (TPSA) is 39.6 Å². The van der Waals surface area contributed by atoms with Crippen LogP contribution in [0.3, 0.4) is 0 Å². The van der Waals surface area contributed by atoms with Gasteiger partial charge >= 0.3 is 0 Å². The normalized spacial score (nSPS) is 16.9. The van der Waals surface area contributed by atoms with Gasteiger partial charge in [0.25, 0.3) is 0 Å². The molecule has 2 heterocycles. The molecule has 0 saturated carbocycles. The molecule has 0 amide bonds. The molecule has 2 aromatic rings.